The molecule has 0 radical (unpaired) electrons. The van der Waals surface area contributed by atoms with Crippen LogP contribution in [-0.4, -0.2) is 78.9 Å². The molecule has 1 heterocycles. The van der Waals surface area contributed by atoms with Gasteiger partial charge in [0.15, 0.2) is 0 Å². The smallest absolute Gasteiger partial charge is 0.339 e. The van der Waals surface area contributed by atoms with Gasteiger partial charge in [-0.05, 0) is 32.6 Å². The fourth-order valence-electron chi connectivity index (χ4n) is 3.13. The Morgan fingerprint density at radius 3 is 2.36 bits per heavy atom. The van der Waals surface area contributed by atoms with Gasteiger partial charge in [-0.25, -0.2) is 0 Å². The molecule has 1 aromatic carbocycles. The van der Waals surface area contributed by atoms with Crippen LogP contribution in [0.4, 0.5) is 18.9 Å². The minimum absolute atomic E-state index is 0.0817. The van der Waals surface area contributed by atoms with Gasteiger partial charge in [0.1, 0.15) is 0 Å². The zero-order chi connectivity index (χ0) is 20.9. The van der Waals surface area contributed by atoms with E-state index in [2.05, 4.69) is 17.1 Å². The van der Waals surface area contributed by atoms with Gasteiger partial charge >= 0.3 is 6.18 Å². The number of carbonyl (C=O) groups excluding carboxylic acids is 2. The van der Waals surface area contributed by atoms with Crippen molar-refractivity contribution in [3.8, 4) is 0 Å². The third-order valence-electron chi connectivity index (χ3n) is 5.05. The first-order chi connectivity index (χ1) is 13.1. The number of para-hydroxylation sites is 1. The van der Waals surface area contributed by atoms with Crippen LogP contribution in [0.2, 0.25) is 0 Å². The summed E-state index contributed by atoms with van der Waals surface area (Å²) in [5, 5.41) is 2.30. The Bertz CT molecular complexity index is 688. The Balaban J connectivity index is 1.93. The van der Waals surface area contributed by atoms with Crippen LogP contribution in [0.5, 0.6) is 0 Å². The Morgan fingerprint density at radius 1 is 1.18 bits per heavy atom. The molecule has 1 aliphatic heterocycles. The zero-order valence-electron chi connectivity index (χ0n) is 16.4. The maximum atomic E-state index is 13.0. The highest BCUT2D eigenvalue weighted by molar-refractivity contribution is 5.93. The van der Waals surface area contributed by atoms with Crippen molar-refractivity contribution in [1.82, 2.24) is 14.7 Å². The lowest BCUT2D eigenvalue weighted by atomic mass is 10.1. The number of hydrogen-bond acceptors (Lipinski definition) is 4. The highest BCUT2D eigenvalue weighted by Crippen LogP contribution is 2.34. The van der Waals surface area contributed by atoms with Crippen molar-refractivity contribution < 1.29 is 22.8 Å². The summed E-state index contributed by atoms with van der Waals surface area (Å²) >= 11 is 0. The molecule has 9 heteroatoms. The number of nitrogens with zero attached hydrogens (tertiary/aromatic N) is 3. The lowest BCUT2D eigenvalue weighted by Gasteiger charge is -2.36. The van der Waals surface area contributed by atoms with Crippen LogP contribution in [0.1, 0.15) is 19.4 Å². The number of rotatable bonds is 6. The fourth-order valence-corrected chi connectivity index (χ4v) is 3.13. The van der Waals surface area contributed by atoms with E-state index in [-0.39, 0.29) is 18.1 Å². The maximum absolute atomic E-state index is 13.0. The molecule has 0 spiro atoms. The summed E-state index contributed by atoms with van der Waals surface area (Å²) in [5.41, 5.74) is -1.19. The van der Waals surface area contributed by atoms with Crippen molar-refractivity contribution in [2.24, 2.45) is 0 Å². The third kappa shape index (κ3) is 5.68. The quantitative estimate of drug-likeness (QED) is 0.795. The predicted molar refractivity (Wildman–Crippen MR) is 101 cm³/mol. The molecule has 0 unspecified atom stereocenters. The molecule has 1 fully saturated rings. The van der Waals surface area contributed by atoms with E-state index in [1.807, 2.05) is 0 Å². The van der Waals surface area contributed by atoms with Crippen molar-refractivity contribution in [3.63, 3.8) is 0 Å². The average molecular weight is 400 g/mol. The van der Waals surface area contributed by atoms with E-state index >= 15 is 0 Å². The van der Waals surface area contributed by atoms with Gasteiger partial charge in [0.05, 0.1) is 23.8 Å². The molecule has 0 bridgehead atoms. The number of nitrogens with one attached hydrogen (secondary N) is 1. The second-order valence-electron chi connectivity index (χ2n) is 6.94. The molecular weight excluding hydrogens is 373 g/mol. The van der Waals surface area contributed by atoms with Gasteiger partial charge in [-0.3, -0.25) is 14.5 Å². The van der Waals surface area contributed by atoms with Gasteiger partial charge in [-0.15, -0.1) is 0 Å². The van der Waals surface area contributed by atoms with E-state index in [4.69, 9.17) is 0 Å². The van der Waals surface area contributed by atoms with Crippen LogP contribution >= 0.6 is 0 Å². The summed E-state index contributed by atoms with van der Waals surface area (Å²) in [6.45, 7) is 7.42. The lowest BCUT2D eigenvalue weighted by molar-refractivity contribution is -0.138. The molecule has 0 saturated carbocycles. The number of benzene rings is 1. The minimum Gasteiger partial charge on any atom is -0.339 e. The molecule has 1 aliphatic rings. The molecule has 6 nitrogen and oxygen atoms in total. The lowest BCUT2D eigenvalue weighted by Crippen LogP contribution is -2.54. The van der Waals surface area contributed by atoms with Crippen molar-refractivity contribution in [3.05, 3.63) is 29.8 Å². The van der Waals surface area contributed by atoms with Crippen molar-refractivity contribution in [2.45, 2.75) is 26.1 Å². The molecule has 0 aliphatic carbocycles. The van der Waals surface area contributed by atoms with Crippen LogP contribution in [0.25, 0.3) is 0 Å². The first-order valence-electron chi connectivity index (χ1n) is 9.31. The molecular formula is C19H27F3N4O2. The first kappa shape index (κ1) is 22.2. The largest absolute Gasteiger partial charge is 0.418 e. The monoisotopic (exact) mass is 400 g/mol. The van der Waals surface area contributed by atoms with Crippen LogP contribution in [0, 0.1) is 0 Å². The Hall–Kier alpha value is -2.13. The van der Waals surface area contributed by atoms with Gasteiger partial charge in [0.25, 0.3) is 0 Å². The summed E-state index contributed by atoms with van der Waals surface area (Å²) in [6.07, 6.45) is -4.56. The fraction of sp³-hybridized carbons (Fsp3) is 0.579. The average Bonchev–Trinajstić information content (AvgIpc) is 2.66. The van der Waals surface area contributed by atoms with Gasteiger partial charge in [0, 0.05) is 26.2 Å². The standard InChI is InChI=1S/C19H27F3N4O2/c1-4-25-9-11-26(12-10-25)18(28)14(2)24(3)13-17(27)23-16-8-6-5-7-15(16)19(20,21)22/h5-8,14H,4,9-13H2,1-3H3,(H,23,27)/t14-/m1/s1. The van der Waals surface area contributed by atoms with Crippen LogP contribution in [0.15, 0.2) is 24.3 Å². The van der Waals surface area contributed by atoms with Crippen LogP contribution in [-0.2, 0) is 15.8 Å². The highest BCUT2D eigenvalue weighted by Gasteiger charge is 2.34. The van der Waals surface area contributed by atoms with Crippen molar-refractivity contribution in [1.29, 1.82) is 0 Å². The van der Waals surface area contributed by atoms with Crippen molar-refractivity contribution >= 4 is 17.5 Å². The number of halogens is 3. The summed E-state index contributed by atoms with van der Waals surface area (Å²) < 4.78 is 39.1. The second kappa shape index (κ2) is 9.38. The van der Waals surface area contributed by atoms with Crippen molar-refractivity contribution in [2.75, 3.05) is 51.6 Å². The topological polar surface area (TPSA) is 55.9 Å². The molecule has 0 aromatic heterocycles. The molecule has 2 rings (SSSR count). The Labute approximate surface area is 163 Å². The van der Waals surface area contributed by atoms with Crippen LogP contribution < -0.4 is 5.32 Å². The van der Waals surface area contributed by atoms with E-state index in [0.717, 1.165) is 25.7 Å². The molecule has 2 amide bonds. The first-order valence-corrected chi connectivity index (χ1v) is 9.31. The number of likely N-dealkylation sites (N-methyl/N-ethyl adjacent to an activating group) is 2. The number of anilines is 1. The maximum Gasteiger partial charge on any atom is 0.418 e. The molecule has 1 atom stereocenters. The van der Waals surface area contributed by atoms with E-state index in [1.54, 1.807) is 23.8 Å². The summed E-state index contributed by atoms with van der Waals surface area (Å²) in [5.74, 6) is -0.684. The Kier molecular flexibility index (Phi) is 7.42. The Morgan fingerprint density at radius 2 is 1.79 bits per heavy atom. The summed E-state index contributed by atoms with van der Waals surface area (Å²) in [6, 6.07) is 4.28. The molecule has 1 N–H and O–H groups in total. The highest BCUT2D eigenvalue weighted by atomic mass is 19.4. The normalized spacial score (nSPS) is 16.9. The summed E-state index contributed by atoms with van der Waals surface area (Å²) in [7, 11) is 1.61. The van der Waals surface area contributed by atoms with E-state index in [0.29, 0.717) is 13.1 Å². The predicted octanol–water partition coefficient (Wildman–Crippen LogP) is 2.13. The minimum atomic E-state index is -4.56. The number of amides is 2. The zero-order valence-corrected chi connectivity index (χ0v) is 16.4. The SMILES string of the molecule is CCN1CCN(C(=O)[C@@H](C)N(C)CC(=O)Nc2ccccc2C(F)(F)F)CC1. The summed E-state index contributed by atoms with van der Waals surface area (Å²) in [4.78, 5) is 30.4. The van der Waals surface area contributed by atoms with Crippen LogP contribution in [0.3, 0.4) is 0 Å². The third-order valence-corrected chi connectivity index (χ3v) is 5.05. The van der Waals surface area contributed by atoms with Gasteiger partial charge in [-0.1, -0.05) is 19.1 Å². The van der Waals surface area contributed by atoms with E-state index in [1.165, 1.54) is 18.2 Å². The van der Waals surface area contributed by atoms with Gasteiger partial charge < -0.3 is 15.1 Å². The van der Waals surface area contributed by atoms with E-state index in [9.17, 15) is 22.8 Å². The van der Waals surface area contributed by atoms with E-state index < -0.39 is 23.7 Å². The van der Waals surface area contributed by atoms with Gasteiger partial charge in [0.2, 0.25) is 11.8 Å². The van der Waals surface area contributed by atoms with Gasteiger partial charge in [-0.2, -0.15) is 13.2 Å². The molecule has 156 valence electrons. The second-order valence-corrected chi connectivity index (χ2v) is 6.94. The number of alkyl halides is 3. The number of carbonyl (C=O) groups is 2. The molecule has 1 saturated heterocycles. The molecule has 1 aromatic rings. The molecule has 28 heavy (non-hydrogen) atoms. The number of piperazine rings is 1. The number of hydrogen-bond donors (Lipinski definition) is 1.